The van der Waals surface area contributed by atoms with Crippen molar-refractivity contribution in [3.05, 3.63) is 60.8 Å². The highest BCUT2D eigenvalue weighted by Gasteiger charge is 2.19. The molecule has 0 aliphatic rings. The molecular weight excluding hydrogens is 901 g/mol. The van der Waals surface area contributed by atoms with Crippen molar-refractivity contribution >= 4 is 17.9 Å². The van der Waals surface area contributed by atoms with Crippen LogP contribution in [0, 0.1) is 0 Å². The Morgan fingerprint density at radius 1 is 0.288 bits per heavy atom. The first-order valence-electron chi connectivity index (χ1n) is 31.8. The molecule has 1 unspecified atom stereocenters. The van der Waals surface area contributed by atoms with Crippen LogP contribution in [0.2, 0.25) is 0 Å². The molecule has 0 aliphatic carbocycles. The molecule has 6 nitrogen and oxygen atoms in total. The molecule has 0 aromatic rings. The fourth-order valence-electron chi connectivity index (χ4n) is 9.25. The largest absolute Gasteiger partial charge is 0.462 e. The van der Waals surface area contributed by atoms with Crippen molar-refractivity contribution in [3.8, 4) is 0 Å². The van der Waals surface area contributed by atoms with Gasteiger partial charge in [0, 0.05) is 19.3 Å². The van der Waals surface area contributed by atoms with Gasteiger partial charge in [-0.3, -0.25) is 14.4 Å². The standard InChI is InChI=1S/C67H120O6/c1-4-7-10-13-16-19-22-25-27-29-30-31-32-33-34-35-36-38-39-42-45-48-51-54-57-60-66(69)72-63-64(62-71-65(68)59-56-53-50-47-44-41-24-21-18-15-12-9-6-3)73-67(70)61-58-55-52-49-46-43-40-37-28-26-23-20-17-14-11-8-5-2/h9,12,17-18,20-21,26,28,41,44,64H,4-8,10-11,13-16,19,22-25,27,29-40,42-43,45-63H2,1-3H3/b12-9-,20-17-,21-18-,28-26-,44-41-. The summed E-state index contributed by atoms with van der Waals surface area (Å²) in [7, 11) is 0. The smallest absolute Gasteiger partial charge is 0.306 e. The highest BCUT2D eigenvalue weighted by Crippen LogP contribution is 2.17. The second-order valence-electron chi connectivity index (χ2n) is 21.3. The van der Waals surface area contributed by atoms with Gasteiger partial charge in [0.05, 0.1) is 0 Å². The van der Waals surface area contributed by atoms with Gasteiger partial charge in [0.1, 0.15) is 13.2 Å². The van der Waals surface area contributed by atoms with Crippen molar-refractivity contribution in [2.75, 3.05) is 13.2 Å². The summed E-state index contributed by atoms with van der Waals surface area (Å²) in [5, 5.41) is 0. The Kier molecular flexibility index (Phi) is 59.2. The Hall–Kier alpha value is -2.89. The van der Waals surface area contributed by atoms with Gasteiger partial charge in [0.15, 0.2) is 6.10 Å². The Labute approximate surface area is 453 Å². The predicted molar refractivity (Wildman–Crippen MR) is 316 cm³/mol. The second-order valence-corrected chi connectivity index (χ2v) is 21.3. The molecule has 0 radical (unpaired) electrons. The zero-order chi connectivity index (χ0) is 52.9. The van der Waals surface area contributed by atoms with Crippen LogP contribution in [-0.2, 0) is 28.6 Å². The minimum Gasteiger partial charge on any atom is -0.462 e. The fraction of sp³-hybridized carbons (Fsp3) is 0.806. The summed E-state index contributed by atoms with van der Waals surface area (Å²) in [6.45, 7) is 6.51. The third-order valence-electron chi connectivity index (χ3n) is 14.0. The number of unbranched alkanes of at least 4 members (excludes halogenated alkanes) is 37. The minimum absolute atomic E-state index is 0.0841. The average Bonchev–Trinajstić information content (AvgIpc) is 3.39. The number of hydrogen-bond acceptors (Lipinski definition) is 6. The summed E-state index contributed by atoms with van der Waals surface area (Å²) in [6, 6.07) is 0. The van der Waals surface area contributed by atoms with Crippen molar-refractivity contribution in [2.24, 2.45) is 0 Å². The maximum atomic E-state index is 12.9. The van der Waals surface area contributed by atoms with Gasteiger partial charge >= 0.3 is 17.9 Å². The number of carbonyl (C=O) groups excluding carboxylic acids is 3. The van der Waals surface area contributed by atoms with Crippen LogP contribution in [0.5, 0.6) is 0 Å². The second kappa shape index (κ2) is 61.7. The van der Waals surface area contributed by atoms with E-state index in [-0.39, 0.29) is 31.1 Å². The van der Waals surface area contributed by atoms with Gasteiger partial charge in [-0.1, -0.05) is 287 Å². The minimum atomic E-state index is -0.790. The SMILES string of the molecule is CC/C=C\C/C=C\C/C=C\CCCCCC(=O)OCC(COC(=O)CCCCCCCCCCCCCCCCCCCCCCCCCCC)OC(=O)CCCCCCCCC/C=C\C/C=C\CCCCC. The molecule has 73 heavy (non-hydrogen) atoms. The number of carbonyl (C=O) groups is 3. The van der Waals surface area contributed by atoms with Gasteiger partial charge in [-0.25, -0.2) is 0 Å². The van der Waals surface area contributed by atoms with Gasteiger partial charge in [0.2, 0.25) is 0 Å². The topological polar surface area (TPSA) is 78.9 Å². The molecule has 0 heterocycles. The summed E-state index contributed by atoms with van der Waals surface area (Å²) >= 11 is 0. The Bertz CT molecular complexity index is 1310. The van der Waals surface area contributed by atoms with Gasteiger partial charge in [-0.05, 0) is 83.5 Å². The van der Waals surface area contributed by atoms with E-state index in [1.54, 1.807) is 0 Å². The van der Waals surface area contributed by atoms with E-state index in [0.717, 1.165) is 96.3 Å². The van der Waals surface area contributed by atoms with Crippen LogP contribution >= 0.6 is 0 Å². The average molecular weight is 1020 g/mol. The molecule has 424 valence electrons. The van der Waals surface area contributed by atoms with Crippen LogP contribution < -0.4 is 0 Å². The van der Waals surface area contributed by atoms with E-state index < -0.39 is 6.10 Å². The maximum absolute atomic E-state index is 12.9. The van der Waals surface area contributed by atoms with Crippen molar-refractivity contribution in [3.63, 3.8) is 0 Å². The van der Waals surface area contributed by atoms with Crippen molar-refractivity contribution in [1.29, 1.82) is 0 Å². The number of allylic oxidation sites excluding steroid dienone is 10. The zero-order valence-corrected chi connectivity index (χ0v) is 48.7. The van der Waals surface area contributed by atoms with Crippen molar-refractivity contribution < 1.29 is 28.6 Å². The third-order valence-corrected chi connectivity index (χ3v) is 14.0. The molecule has 0 bridgehead atoms. The molecule has 0 N–H and O–H groups in total. The first-order valence-corrected chi connectivity index (χ1v) is 31.8. The van der Waals surface area contributed by atoms with E-state index in [1.165, 1.54) is 193 Å². The quantitative estimate of drug-likeness (QED) is 0.0261. The first kappa shape index (κ1) is 70.1. The van der Waals surface area contributed by atoms with Crippen LogP contribution in [0.25, 0.3) is 0 Å². The van der Waals surface area contributed by atoms with Crippen molar-refractivity contribution in [2.45, 2.75) is 335 Å². The monoisotopic (exact) mass is 1020 g/mol. The van der Waals surface area contributed by atoms with Crippen LogP contribution in [-0.4, -0.2) is 37.2 Å². The lowest BCUT2D eigenvalue weighted by Crippen LogP contribution is -2.30. The molecule has 0 rings (SSSR count). The van der Waals surface area contributed by atoms with E-state index in [9.17, 15) is 14.4 Å². The van der Waals surface area contributed by atoms with Crippen LogP contribution in [0.1, 0.15) is 329 Å². The van der Waals surface area contributed by atoms with Gasteiger partial charge in [0.25, 0.3) is 0 Å². The lowest BCUT2D eigenvalue weighted by atomic mass is 10.0. The van der Waals surface area contributed by atoms with Gasteiger partial charge in [-0.2, -0.15) is 0 Å². The molecule has 0 saturated carbocycles. The molecule has 0 fully saturated rings. The summed E-state index contributed by atoms with van der Waals surface area (Å²) in [4.78, 5) is 38.2. The number of hydrogen-bond donors (Lipinski definition) is 0. The van der Waals surface area contributed by atoms with E-state index in [0.29, 0.717) is 19.3 Å². The lowest BCUT2D eigenvalue weighted by molar-refractivity contribution is -0.167. The molecule has 0 aliphatic heterocycles. The number of esters is 3. The molecule has 0 saturated heterocycles. The van der Waals surface area contributed by atoms with E-state index in [1.807, 2.05) is 0 Å². The van der Waals surface area contributed by atoms with Crippen LogP contribution in [0.15, 0.2) is 60.8 Å². The Morgan fingerprint density at radius 2 is 0.534 bits per heavy atom. The first-order chi connectivity index (χ1) is 36.0. The third kappa shape index (κ3) is 59.9. The molecular formula is C67H120O6. The predicted octanol–water partition coefficient (Wildman–Crippen LogP) is 21.6. The fourth-order valence-corrected chi connectivity index (χ4v) is 9.25. The molecule has 0 aromatic carbocycles. The zero-order valence-electron chi connectivity index (χ0n) is 48.7. The summed E-state index contributed by atoms with van der Waals surface area (Å²) in [5.41, 5.74) is 0. The normalized spacial score (nSPS) is 12.4. The van der Waals surface area contributed by atoms with E-state index in [2.05, 4.69) is 81.5 Å². The van der Waals surface area contributed by atoms with Crippen LogP contribution in [0.4, 0.5) is 0 Å². The highest BCUT2D eigenvalue weighted by molar-refractivity contribution is 5.71. The highest BCUT2D eigenvalue weighted by atomic mass is 16.6. The molecule has 0 spiro atoms. The lowest BCUT2D eigenvalue weighted by Gasteiger charge is -2.18. The summed E-state index contributed by atoms with van der Waals surface area (Å²) < 4.78 is 16.9. The van der Waals surface area contributed by atoms with E-state index in [4.69, 9.17) is 14.2 Å². The Balaban J connectivity index is 4.27. The van der Waals surface area contributed by atoms with Crippen molar-refractivity contribution in [1.82, 2.24) is 0 Å². The maximum Gasteiger partial charge on any atom is 0.306 e. The van der Waals surface area contributed by atoms with Crippen LogP contribution in [0.3, 0.4) is 0 Å². The Morgan fingerprint density at radius 3 is 0.877 bits per heavy atom. The molecule has 6 heteroatoms. The van der Waals surface area contributed by atoms with E-state index >= 15 is 0 Å². The molecule has 0 aromatic heterocycles. The number of ether oxygens (including phenoxy) is 3. The van der Waals surface area contributed by atoms with Gasteiger partial charge in [-0.15, -0.1) is 0 Å². The molecule has 0 amide bonds. The summed E-state index contributed by atoms with van der Waals surface area (Å²) in [6.07, 6.45) is 78.1. The molecule has 1 atom stereocenters. The summed E-state index contributed by atoms with van der Waals surface area (Å²) in [5.74, 6) is -0.907. The number of rotatable bonds is 58. The van der Waals surface area contributed by atoms with Gasteiger partial charge < -0.3 is 14.2 Å².